The smallest absolute Gasteiger partial charge is 0.296 e. The van der Waals surface area contributed by atoms with Crippen LogP contribution in [0.25, 0.3) is 0 Å². The van der Waals surface area contributed by atoms with Gasteiger partial charge in [0, 0.05) is 0 Å². The zero-order valence-electron chi connectivity index (χ0n) is 13.8. The number of nitro benzene ring substituents is 1. The highest BCUT2D eigenvalue weighted by molar-refractivity contribution is 5.95. The minimum Gasteiger partial charge on any atom is -0.544 e. The molecule has 0 radical (unpaired) electrons. The molecule has 0 unspecified atom stereocenters. The molecule has 132 valence electrons. The maximum atomic E-state index is 12.0. The van der Waals surface area contributed by atoms with E-state index in [1.165, 1.54) is 23.5 Å². The van der Waals surface area contributed by atoms with Crippen molar-refractivity contribution in [3.8, 4) is 5.75 Å². The molecule has 0 aliphatic carbocycles. The highest BCUT2D eigenvalue weighted by atomic mass is 16.6. The Morgan fingerprint density at radius 3 is 2.54 bits per heavy atom. The average Bonchev–Trinajstić information content (AvgIpc) is 2.47. The summed E-state index contributed by atoms with van der Waals surface area (Å²) in [5.74, 6) is -1.70. The summed E-state index contributed by atoms with van der Waals surface area (Å²) in [5, 5.41) is 26.1. The maximum Gasteiger partial charge on any atom is 0.296 e. The summed E-state index contributed by atoms with van der Waals surface area (Å²) in [4.78, 5) is 33.6. The lowest BCUT2D eigenvalue weighted by molar-refractivity contribution is -0.708. The molecule has 1 amide bonds. The predicted molar refractivity (Wildman–Crippen MR) is 83.4 cm³/mol. The SMILES string of the molecule is CCOc1ccc(NC(=O)C[C@H]([NH2+]C(C)C)C(=O)[O-])c([N+](=O)[O-])c1. The molecule has 1 rings (SSSR count). The molecule has 0 aliphatic rings. The molecule has 3 N–H and O–H groups in total. The topological polar surface area (TPSA) is 138 Å². The molecule has 0 saturated carbocycles. The van der Waals surface area contributed by atoms with Crippen molar-refractivity contribution < 1.29 is 29.7 Å². The number of hydrogen-bond donors (Lipinski definition) is 2. The summed E-state index contributed by atoms with van der Waals surface area (Å²) in [6.45, 7) is 5.66. The van der Waals surface area contributed by atoms with Crippen molar-refractivity contribution in [1.82, 2.24) is 0 Å². The minimum absolute atomic E-state index is 0.0184. The highest BCUT2D eigenvalue weighted by Gasteiger charge is 2.22. The van der Waals surface area contributed by atoms with Crippen LogP contribution < -0.4 is 20.5 Å². The largest absolute Gasteiger partial charge is 0.544 e. The van der Waals surface area contributed by atoms with Crippen LogP contribution in [-0.2, 0) is 9.59 Å². The van der Waals surface area contributed by atoms with Crippen LogP contribution >= 0.6 is 0 Å². The monoisotopic (exact) mass is 339 g/mol. The number of anilines is 1. The summed E-state index contributed by atoms with van der Waals surface area (Å²) in [6.07, 6.45) is -0.356. The van der Waals surface area contributed by atoms with Crippen LogP contribution in [-0.4, -0.2) is 35.5 Å². The Bertz CT molecular complexity index is 617. The lowest BCUT2D eigenvalue weighted by Crippen LogP contribution is -2.96. The third-order valence-electron chi connectivity index (χ3n) is 3.08. The predicted octanol–water partition coefficient (Wildman–Crippen LogP) is -0.588. The third kappa shape index (κ3) is 5.84. The maximum absolute atomic E-state index is 12.0. The molecular formula is C15H21N3O6. The Morgan fingerprint density at radius 1 is 1.38 bits per heavy atom. The van der Waals surface area contributed by atoms with Crippen LogP contribution in [0.2, 0.25) is 0 Å². The van der Waals surface area contributed by atoms with Gasteiger partial charge in [-0.2, -0.15) is 0 Å². The molecule has 9 heteroatoms. The highest BCUT2D eigenvalue weighted by Crippen LogP contribution is 2.29. The van der Waals surface area contributed by atoms with Gasteiger partial charge in [-0.25, -0.2) is 0 Å². The van der Waals surface area contributed by atoms with E-state index < -0.39 is 22.8 Å². The number of carboxylic acid groups (broad SMARTS) is 1. The first-order valence-corrected chi connectivity index (χ1v) is 7.51. The Labute approximate surface area is 139 Å². The van der Waals surface area contributed by atoms with Gasteiger partial charge in [-0.05, 0) is 32.9 Å². The fourth-order valence-electron chi connectivity index (χ4n) is 2.12. The van der Waals surface area contributed by atoms with Crippen molar-refractivity contribution in [2.75, 3.05) is 11.9 Å². The van der Waals surface area contributed by atoms with E-state index >= 15 is 0 Å². The zero-order chi connectivity index (χ0) is 18.3. The number of amides is 1. The summed E-state index contributed by atoms with van der Waals surface area (Å²) in [5.41, 5.74) is -0.345. The Hall–Kier alpha value is -2.68. The van der Waals surface area contributed by atoms with Crippen molar-refractivity contribution >= 4 is 23.3 Å². The van der Waals surface area contributed by atoms with Gasteiger partial charge in [-0.15, -0.1) is 0 Å². The van der Waals surface area contributed by atoms with Crippen molar-refractivity contribution in [2.24, 2.45) is 0 Å². The number of carbonyl (C=O) groups excluding carboxylic acids is 2. The first-order valence-electron chi connectivity index (χ1n) is 7.51. The molecule has 0 heterocycles. The number of benzene rings is 1. The van der Waals surface area contributed by atoms with E-state index in [1.54, 1.807) is 20.8 Å². The number of nitro groups is 1. The molecule has 0 saturated heterocycles. The number of aliphatic carboxylic acids is 1. The average molecular weight is 339 g/mol. The lowest BCUT2D eigenvalue weighted by atomic mass is 10.1. The summed E-state index contributed by atoms with van der Waals surface area (Å²) in [7, 11) is 0. The zero-order valence-corrected chi connectivity index (χ0v) is 13.8. The second-order valence-corrected chi connectivity index (χ2v) is 5.48. The first-order chi connectivity index (χ1) is 11.2. The fraction of sp³-hybridized carbons (Fsp3) is 0.467. The van der Waals surface area contributed by atoms with Crippen LogP contribution in [0, 0.1) is 10.1 Å². The molecule has 24 heavy (non-hydrogen) atoms. The van der Waals surface area contributed by atoms with Gasteiger partial charge < -0.3 is 25.3 Å². The van der Waals surface area contributed by atoms with Gasteiger partial charge in [-0.3, -0.25) is 14.9 Å². The molecule has 0 aliphatic heterocycles. The molecule has 0 fully saturated rings. The second-order valence-electron chi connectivity index (χ2n) is 5.48. The third-order valence-corrected chi connectivity index (χ3v) is 3.08. The van der Waals surface area contributed by atoms with Crippen LogP contribution in [0.1, 0.15) is 27.2 Å². The molecule has 0 spiro atoms. The first kappa shape index (κ1) is 19.4. The molecular weight excluding hydrogens is 318 g/mol. The van der Waals surface area contributed by atoms with Gasteiger partial charge in [0.25, 0.3) is 5.69 Å². The molecule has 1 atom stereocenters. The van der Waals surface area contributed by atoms with Gasteiger partial charge >= 0.3 is 0 Å². The fourth-order valence-corrected chi connectivity index (χ4v) is 2.12. The number of nitrogens with two attached hydrogens (primary N) is 1. The van der Waals surface area contributed by atoms with Crippen LogP contribution in [0.5, 0.6) is 5.75 Å². The van der Waals surface area contributed by atoms with E-state index in [0.717, 1.165) is 0 Å². The number of ether oxygens (including phenoxy) is 1. The van der Waals surface area contributed by atoms with Gasteiger partial charge in [0.15, 0.2) is 0 Å². The van der Waals surface area contributed by atoms with E-state index in [-0.39, 0.29) is 23.8 Å². The second kappa shape index (κ2) is 8.82. The van der Waals surface area contributed by atoms with E-state index in [9.17, 15) is 24.8 Å². The van der Waals surface area contributed by atoms with Gasteiger partial charge in [0.05, 0.1) is 36.0 Å². The molecule has 0 bridgehead atoms. The lowest BCUT2D eigenvalue weighted by Gasteiger charge is -2.18. The number of rotatable bonds is 9. The molecule has 1 aromatic rings. The quantitative estimate of drug-likeness (QED) is 0.455. The Morgan fingerprint density at radius 2 is 2.04 bits per heavy atom. The number of carboxylic acids is 1. The van der Waals surface area contributed by atoms with Gasteiger partial charge in [0.1, 0.15) is 17.5 Å². The van der Waals surface area contributed by atoms with Crippen molar-refractivity contribution in [3.05, 3.63) is 28.3 Å². The van der Waals surface area contributed by atoms with Crippen molar-refractivity contribution in [2.45, 2.75) is 39.3 Å². The summed E-state index contributed by atoms with van der Waals surface area (Å²) >= 11 is 0. The van der Waals surface area contributed by atoms with Crippen LogP contribution in [0.3, 0.4) is 0 Å². The number of carbonyl (C=O) groups is 2. The number of nitrogens with zero attached hydrogens (tertiary/aromatic N) is 1. The molecule has 0 aromatic heterocycles. The van der Waals surface area contributed by atoms with Crippen LogP contribution in [0.15, 0.2) is 18.2 Å². The Kier molecular flexibility index (Phi) is 7.12. The van der Waals surface area contributed by atoms with E-state index in [1.807, 2.05) is 0 Å². The number of hydrogen-bond acceptors (Lipinski definition) is 6. The normalized spacial score (nSPS) is 11.8. The molecule has 1 aromatic carbocycles. The standard InChI is InChI=1S/C15H21N3O6/c1-4-24-10-5-6-11(13(7-10)18(22)23)17-14(19)8-12(15(20)21)16-9(2)3/h5-7,9,12,16H,4,8H2,1-3H3,(H,17,19)(H,20,21)/t12-/m0/s1. The summed E-state index contributed by atoms with van der Waals surface area (Å²) in [6, 6.07) is 2.94. The van der Waals surface area contributed by atoms with Crippen molar-refractivity contribution in [3.63, 3.8) is 0 Å². The van der Waals surface area contributed by atoms with Crippen LogP contribution in [0.4, 0.5) is 11.4 Å². The molecule has 9 nitrogen and oxygen atoms in total. The van der Waals surface area contributed by atoms with Gasteiger partial charge in [-0.1, -0.05) is 0 Å². The number of nitrogens with one attached hydrogen (secondary N) is 1. The van der Waals surface area contributed by atoms with E-state index in [0.29, 0.717) is 12.4 Å². The van der Waals surface area contributed by atoms with Gasteiger partial charge in [0.2, 0.25) is 5.91 Å². The van der Waals surface area contributed by atoms with E-state index in [4.69, 9.17) is 4.74 Å². The van der Waals surface area contributed by atoms with E-state index in [2.05, 4.69) is 5.32 Å². The Balaban J connectivity index is 2.89. The minimum atomic E-state index is -1.36. The van der Waals surface area contributed by atoms with Crippen molar-refractivity contribution in [1.29, 1.82) is 0 Å². The number of quaternary nitrogens is 1. The summed E-state index contributed by atoms with van der Waals surface area (Å²) < 4.78 is 5.19.